The van der Waals surface area contributed by atoms with E-state index >= 15 is 0 Å². The number of hydrogen-bond donors (Lipinski definition) is 2. The third kappa shape index (κ3) is 4.22. The molecular weight excluding hydrogens is 242 g/mol. The number of amides is 1. The van der Waals surface area contributed by atoms with Crippen molar-refractivity contribution in [3.8, 4) is 0 Å². The van der Waals surface area contributed by atoms with Gasteiger partial charge >= 0.3 is 5.97 Å². The number of carboxylic acid groups (broad SMARTS) is 1. The second kappa shape index (κ2) is 6.40. The molecule has 0 aromatic heterocycles. The molecule has 1 amide bonds. The van der Waals surface area contributed by atoms with Crippen LogP contribution in [0.2, 0.25) is 0 Å². The number of rotatable bonds is 6. The van der Waals surface area contributed by atoms with Crippen LogP contribution in [0.25, 0.3) is 0 Å². The summed E-state index contributed by atoms with van der Waals surface area (Å²) in [6.45, 7) is 2.13. The Bertz CT molecular complexity index is 332. The fraction of sp³-hybridized carbons (Fsp3) is 0.867. The minimum Gasteiger partial charge on any atom is -0.480 e. The Hall–Kier alpha value is -1.06. The summed E-state index contributed by atoms with van der Waals surface area (Å²) in [6, 6.07) is -0.661. The van der Waals surface area contributed by atoms with Crippen molar-refractivity contribution in [1.82, 2.24) is 5.32 Å². The minimum atomic E-state index is -0.888. The van der Waals surface area contributed by atoms with E-state index in [1.54, 1.807) is 0 Å². The Morgan fingerprint density at radius 1 is 1.11 bits per heavy atom. The highest BCUT2D eigenvalue weighted by atomic mass is 16.4. The maximum absolute atomic E-state index is 12.0. The van der Waals surface area contributed by atoms with Crippen molar-refractivity contribution >= 4 is 11.9 Å². The Morgan fingerprint density at radius 3 is 2.26 bits per heavy atom. The number of carbonyl (C=O) groups is 2. The first kappa shape index (κ1) is 14.4. The standard InChI is InChI=1S/C15H25NO3/c1-10(11-5-3-2-4-6-11)9-13(17)16-14(15(18)19)12-7-8-12/h10-12,14H,2-9H2,1H3,(H,16,17)(H,18,19). The average molecular weight is 267 g/mol. The largest absolute Gasteiger partial charge is 0.480 e. The molecule has 2 fully saturated rings. The van der Waals surface area contributed by atoms with Crippen molar-refractivity contribution in [3.63, 3.8) is 0 Å². The van der Waals surface area contributed by atoms with Crippen LogP contribution in [0, 0.1) is 17.8 Å². The van der Waals surface area contributed by atoms with Gasteiger partial charge in [0.25, 0.3) is 0 Å². The van der Waals surface area contributed by atoms with Gasteiger partial charge < -0.3 is 10.4 Å². The number of carboxylic acids is 1. The maximum atomic E-state index is 12.0. The lowest BCUT2D eigenvalue weighted by molar-refractivity contribution is -0.142. The van der Waals surface area contributed by atoms with Crippen molar-refractivity contribution in [3.05, 3.63) is 0 Å². The lowest BCUT2D eigenvalue weighted by atomic mass is 9.79. The fourth-order valence-electron chi connectivity index (χ4n) is 3.21. The summed E-state index contributed by atoms with van der Waals surface area (Å²) in [5.41, 5.74) is 0. The molecule has 2 rings (SSSR count). The molecule has 0 radical (unpaired) electrons. The molecule has 0 aliphatic heterocycles. The van der Waals surface area contributed by atoms with Crippen molar-refractivity contribution in [2.45, 2.75) is 64.3 Å². The second-order valence-corrected chi connectivity index (χ2v) is 6.30. The summed E-state index contributed by atoms with van der Waals surface area (Å²) in [5.74, 6) is 0.197. The first-order valence-electron chi connectivity index (χ1n) is 7.60. The highest BCUT2D eigenvalue weighted by molar-refractivity contribution is 5.84. The molecule has 2 saturated carbocycles. The van der Waals surface area contributed by atoms with Gasteiger partial charge in [0.2, 0.25) is 5.91 Å². The zero-order valence-corrected chi connectivity index (χ0v) is 11.7. The van der Waals surface area contributed by atoms with E-state index in [-0.39, 0.29) is 11.8 Å². The van der Waals surface area contributed by atoms with Gasteiger partial charge in [0.15, 0.2) is 0 Å². The number of nitrogens with one attached hydrogen (secondary N) is 1. The van der Waals surface area contributed by atoms with Gasteiger partial charge in [0.05, 0.1) is 0 Å². The molecule has 2 unspecified atom stereocenters. The number of aliphatic carboxylic acids is 1. The molecule has 2 aliphatic carbocycles. The monoisotopic (exact) mass is 267 g/mol. The van der Waals surface area contributed by atoms with Crippen LogP contribution in [0.15, 0.2) is 0 Å². The number of carbonyl (C=O) groups excluding carboxylic acids is 1. The lowest BCUT2D eigenvalue weighted by Crippen LogP contribution is -2.43. The Labute approximate surface area is 115 Å². The molecule has 19 heavy (non-hydrogen) atoms. The van der Waals surface area contributed by atoms with E-state index in [0.717, 1.165) is 12.8 Å². The Balaban J connectivity index is 1.77. The average Bonchev–Trinajstić information content (AvgIpc) is 3.21. The summed E-state index contributed by atoms with van der Waals surface area (Å²) in [4.78, 5) is 23.1. The molecule has 2 atom stereocenters. The van der Waals surface area contributed by atoms with Gasteiger partial charge in [0.1, 0.15) is 6.04 Å². The van der Waals surface area contributed by atoms with Crippen LogP contribution in [-0.4, -0.2) is 23.0 Å². The van der Waals surface area contributed by atoms with Crippen molar-refractivity contribution in [2.24, 2.45) is 17.8 Å². The van der Waals surface area contributed by atoms with Gasteiger partial charge in [-0.2, -0.15) is 0 Å². The predicted molar refractivity (Wildman–Crippen MR) is 72.6 cm³/mol. The molecular formula is C15H25NO3. The molecule has 0 saturated heterocycles. The quantitative estimate of drug-likeness (QED) is 0.777. The molecule has 0 aromatic carbocycles. The third-order valence-electron chi connectivity index (χ3n) is 4.64. The van der Waals surface area contributed by atoms with E-state index in [0.29, 0.717) is 18.3 Å². The summed E-state index contributed by atoms with van der Waals surface area (Å²) in [7, 11) is 0. The molecule has 108 valence electrons. The van der Waals surface area contributed by atoms with Crippen LogP contribution in [0.5, 0.6) is 0 Å². The van der Waals surface area contributed by atoms with Crippen molar-refractivity contribution in [2.75, 3.05) is 0 Å². The molecule has 0 bridgehead atoms. The van der Waals surface area contributed by atoms with Gasteiger partial charge in [-0.05, 0) is 30.6 Å². The fourth-order valence-corrected chi connectivity index (χ4v) is 3.21. The van der Waals surface area contributed by atoms with Crippen LogP contribution in [0.1, 0.15) is 58.3 Å². The minimum absolute atomic E-state index is 0.0858. The number of hydrogen-bond acceptors (Lipinski definition) is 2. The third-order valence-corrected chi connectivity index (χ3v) is 4.64. The van der Waals surface area contributed by atoms with Crippen molar-refractivity contribution < 1.29 is 14.7 Å². The lowest BCUT2D eigenvalue weighted by Gasteiger charge is -2.27. The van der Waals surface area contributed by atoms with Gasteiger partial charge in [-0.1, -0.05) is 39.0 Å². The zero-order valence-electron chi connectivity index (χ0n) is 11.7. The molecule has 2 N–H and O–H groups in total. The van der Waals surface area contributed by atoms with E-state index in [4.69, 9.17) is 5.11 Å². The topological polar surface area (TPSA) is 66.4 Å². The first-order chi connectivity index (χ1) is 9.08. The van der Waals surface area contributed by atoms with E-state index in [1.807, 2.05) is 0 Å². The SMILES string of the molecule is CC(CC(=O)NC(C(=O)O)C1CC1)C1CCCCC1. The van der Waals surface area contributed by atoms with Gasteiger partial charge in [-0.3, -0.25) is 4.79 Å². The molecule has 0 aromatic rings. The molecule has 0 spiro atoms. The summed E-state index contributed by atoms with van der Waals surface area (Å²) < 4.78 is 0. The van der Waals surface area contributed by atoms with Crippen molar-refractivity contribution in [1.29, 1.82) is 0 Å². The summed E-state index contributed by atoms with van der Waals surface area (Å²) in [5, 5.41) is 11.8. The van der Waals surface area contributed by atoms with Crippen LogP contribution in [-0.2, 0) is 9.59 Å². The molecule has 4 nitrogen and oxygen atoms in total. The second-order valence-electron chi connectivity index (χ2n) is 6.30. The van der Waals surface area contributed by atoms with E-state index < -0.39 is 12.0 Å². The smallest absolute Gasteiger partial charge is 0.326 e. The Morgan fingerprint density at radius 2 is 1.74 bits per heavy atom. The van der Waals surface area contributed by atoms with E-state index in [2.05, 4.69) is 12.2 Å². The normalized spacial score (nSPS) is 23.6. The van der Waals surface area contributed by atoms with Crippen LogP contribution < -0.4 is 5.32 Å². The van der Waals surface area contributed by atoms with Crippen LogP contribution in [0.4, 0.5) is 0 Å². The molecule has 4 heteroatoms. The summed E-state index contributed by atoms with van der Waals surface area (Å²) >= 11 is 0. The van der Waals surface area contributed by atoms with Crippen LogP contribution >= 0.6 is 0 Å². The maximum Gasteiger partial charge on any atom is 0.326 e. The van der Waals surface area contributed by atoms with Crippen LogP contribution in [0.3, 0.4) is 0 Å². The molecule has 2 aliphatic rings. The zero-order chi connectivity index (χ0) is 13.8. The van der Waals surface area contributed by atoms with E-state index in [1.165, 1.54) is 32.1 Å². The highest BCUT2D eigenvalue weighted by Crippen LogP contribution is 2.34. The highest BCUT2D eigenvalue weighted by Gasteiger charge is 2.37. The first-order valence-corrected chi connectivity index (χ1v) is 7.60. The molecule has 0 heterocycles. The van der Waals surface area contributed by atoms with E-state index in [9.17, 15) is 9.59 Å². The predicted octanol–water partition coefficient (Wildman–Crippen LogP) is 2.57. The summed E-state index contributed by atoms with van der Waals surface area (Å²) in [6.07, 6.45) is 8.63. The Kier molecular flexibility index (Phi) is 4.83. The van der Waals surface area contributed by atoms with Gasteiger partial charge in [0, 0.05) is 6.42 Å². The van der Waals surface area contributed by atoms with Gasteiger partial charge in [-0.15, -0.1) is 0 Å². The van der Waals surface area contributed by atoms with Gasteiger partial charge in [-0.25, -0.2) is 4.79 Å².